The summed E-state index contributed by atoms with van der Waals surface area (Å²) in [4.78, 5) is 0. The summed E-state index contributed by atoms with van der Waals surface area (Å²) >= 11 is 0. The summed E-state index contributed by atoms with van der Waals surface area (Å²) in [5, 5.41) is 0. The van der Waals surface area contributed by atoms with Crippen molar-refractivity contribution in [2.45, 2.75) is 32.9 Å². The lowest BCUT2D eigenvalue weighted by Crippen LogP contribution is -2.12. The molecule has 0 heterocycles. The summed E-state index contributed by atoms with van der Waals surface area (Å²) in [6.45, 7) is 1.40. The van der Waals surface area contributed by atoms with Gasteiger partial charge in [-0.3, -0.25) is 0 Å². The summed E-state index contributed by atoms with van der Waals surface area (Å²) in [5.74, 6) is 0.669. The number of nitrogens with two attached hydrogens (primary N) is 1. The van der Waals surface area contributed by atoms with E-state index in [2.05, 4.69) is 18.6 Å². The van der Waals surface area contributed by atoms with Crippen LogP contribution in [0.4, 0.5) is 8.78 Å². The van der Waals surface area contributed by atoms with E-state index in [1.807, 2.05) is 0 Å². The van der Waals surface area contributed by atoms with Gasteiger partial charge in [0.2, 0.25) is 0 Å². The SMILES string of the molecule is CC(C)C[C@@H](N)c1ccc(OC(F)F)cc1. The molecule has 0 bridgehead atoms. The molecular weight excluding hydrogens is 212 g/mol. The predicted molar refractivity (Wildman–Crippen MR) is 59.5 cm³/mol. The number of rotatable bonds is 5. The number of ether oxygens (including phenoxy) is 1. The van der Waals surface area contributed by atoms with Gasteiger partial charge >= 0.3 is 6.61 Å². The maximum absolute atomic E-state index is 11.9. The van der Waals surface area contributed by atoms with Gasteiger partial charge in [0.1, 0.15) is 5.75 Å². The highest BCUT2D eigenvalue weighted by molar-refractivity contribution is 5.29. The normalized spacial score (nSPS) is 13.2. The van der Waals surface area contributed by atoms with Crippen molar-refractivity contribution in [3.8, 4) is 5.75 Å². The van der Waals surface area contributed by atoms with E-state index in [4.69, 9.17) is 5.73 Å². The lowest BCUT2D eigenvalue weighted by Gasteiger charge is -2.14. The number of benzene rings is 1. The molecule has 1 aromatic carbocycles. The Hall–Kier alpha value is -1.16. The van der Waals surface area contributed by atoms with Crippen molar-refractivity contribution in [2.24, 2.45) is 11.7 Å². The van der Waals surface area contributed by atoms with Crippen LogP contribution in [-0.4, -0.2) is 6.61 Å². The summed E-state index contributed by atoms with van der Waals surface area (Å²) in [6.07, 6.45) is 0.870. The van der Waals surface area contributed by atoms with E-state index in [9.17, 15) is 8.78 Å². The highest BCUT2D eigenvalue weighted by atomic mass is 19.3. The molecule has 0 spiro atoms. The maximum atomic E-state index is 11.9. The Morgan fingerprint density at radius 2 is 1.75 bits per heavy atom. The second-order valence-corrected chi connectivity index (χ2v) is 4.18. The quantitative estimate of drug-likeness (QED) is 0.840. The summed E-state index contributed by atoms with van der Waals surface area (Å²) in [7, 11) is 0. The van der Waals surface area contributed by atoms with Crippen molar-refractivity contribution >= 4 is 0 Å². The molecule has 1 atom stereocenters. The summed E-state index contributed by atoms with van der Waals surface area (Å²) in [6, 6.07) is 6.43. The van der Waals surface area contributed by atoms with Crippen molar-refractivity contribution < 1.29 is 13.5 Å². The van der Waals surface area contributed by atoms with E-state index >= 15 is 0 Å². The van der Waals surface area contributed by atoms with Gasteiger partial charge in [-0.05, 0) is 30.0 Å². The third-order valence-electron chi connectivity index (χ3n) is 2.26. The molecular formula is C12H17F2NO. The number of alkyl halides is 2. The maximum Gasteiger partial charge on any atom is 0.387 e. The molecule has 0 saturated heterocycles. The zero-order valence-electron chi connectivity index (χ0n) is 9.49. The highest BCUT2D eigenvalue weighted by Gasteiger charge is 2.09. The van der Waals surface area contributed by atoms with Crippen LogP contribution in [0, 0.1) is 5.92 Å². The molecule has 1 aromatic rings. The fourth-order valence-corrected chi connectivity index (χ4v) is 1.54. The molecule has 0 radical (unpaired) electrons. The molecule has 0 aromatic heterocycles. The van der Waals surface area contributed by atoms with E-state index in [0.29, 0.717) is 5.92 Å². The van der Waals surface area contributed by atoms with Crippen LogP contribution in [0.3, 0.4) is 0 Å². The van der Waals surface area contributed by atoms with Crippen molar-refractivity contribution in [2.75, 3.05) is 0 Å². The Morgan fingerprint density at radius 3 is 2.19 bits per heavy atom. The van der Waals surface area contributed by atoms with Gasteiger partial charge in [-0.2, -0.15) is 8.78 Å². The van der Waals surface area contributed by atoms with E-state index in [-0.39, 0.29) is 11.8 Å². The summed E-state index contributed by atoms with van der Waals surface area (Å²) in [5.41, 5.74) is 6.90. The van der Waals surface area contributed by atoms with Gasteiger partial charge in [0.25, 0.3) is 0 Å². The van der Waals surface area contributed by atoms with Crippen LogP contribution in [0.15, 0.2) is 24.3 Å². The van der Waals surface area contributed by atoms with Crippen molar-refractivity contribution in [3.63, 3.8) is 0 Å². The minimum Gasteiger partial charge on any atom is -0.435 e. The average Bonchev–Trinajstić information content (AvgIpc) is 2.16. The van der Waals surface area contributed by atoms with Crippen LogP contribution in [0.1, 0.15) is 31.9 Å². The second-order valence-electron chi connectivity index (χ2n) is 4.18. The van der Waals surface area contributed by atoms with Crippen molar-refractivity contribution in [1.29, 1.82) is 0 Å². The fraction of sp³-hybridized carbons (Fsp3) is 0.500. The number of halogens is 2. The lowest BCUT2D eigenvalue weighted by atomic mass is 9.98. The molecule has 0 unspecified atom stereocenters. The molecule has 16 heavy (non-hydrogen) atoms. The van der Waals surface area contributed by atoms with Crippen molar-refractivity contribution in [1.82, 2.24) is 0 Å². The predicted octanol–water partition coefficient (Wildman–Crippen LogP) is 3.33. The van der Waals surface area contributed by atoms with Crippen LogP contribution >= 0.6 is 0 Å². The highest BCUT2D eigenvalue weighted by Crippen LogP contribution is 2.22. The Balaban J connectivity index is 2.63. The molecule has 2 N–H and O–H groups in total. The molecule has 0 saturated carbocycles. The van der Waals surface area contributed by atoms with Crippen molar-refractivity contribution in [3.05, 3.63) is 29.8 Å². The topological polar surface area (TPSA) is 35.2 Å². The molecule has 0 fully saturated rings. The van der Waals surface area contributed by atoms with E-state index in [1.165, 1.54) is 12.1 Å². The zero-order chi connectivity index (χ0) is 12.1. The van der Waals surface area contributed by atoms with Crippen LogP contribution in [0.2, 0.25) is 0 Å². The van der Waals surface area contributed by atoms with E-state index < -0.39 is 6.61 Å². The Kier molecular flexibility index (Phi) is 4.68. The standard InChI is InChI=1S/C12H17F2NO/c1-8(2)7-11(15)9-3-5-10(6-4-9)16-12(13)14/h3-6,8,11-12H,7,15H2,1-2H3/t11-/m1/s1. The van der Waals surface area contributed by atoms with Crippen LogP contribution < -0.4 is 10.5 Å². The lowest BCUT2D eigenvalue weighted by molar-refractivity contribution is -0.0498. The number of hydrogen-bond donors (Lipinski definition) is 1. The van der Waals surface area contributed by atoms with Crippen LogP contribution in [-0.2, 0) is 0 Å². The van der Waals surface area contributed by atoms with Gasteiger partial charge in [0.05, 0.1) is 0 Å². The molecule has 0 aliphatic heterocycles. The third-order valence-corrected chi connectivity index (χ3v) is 2.26. The first-order chi connectivity index (χ1) is 7.49. The van der Waals surface area contributed by atoms with Gasteiger partial charge in [-0.15, -0.1) is 0 Å². The first-order valence-corrected chi connectivity index (χ1v) is 5.29. The third kappa shape index (κ3) is 4.14. The molecule has 90 valence electrons. The largest absolute Gasteiger partial charge is 0.435 e. The smallest absolute Gasteiger partial charge is 0.387 e. The summed E-state index contributed by atoms with van der Waals surface area (Å²) < 4.78 is 28.1. The van der Waals surface area contributed by atoms with Crippen LogP contribution in [0.5, 0.6) is 5.75 Å². The van der Waals surface area contributed by atoms with E-state index in [1.54, 1.807) is 12.1 Å². The fourth-order valence-electron chi connectivity index (χ4n) is 1.54. The molecule has 2 nitrogen and oxygen atoms in total. The molecule has 0 aliphatic rings. The molecule has 0 amide bonds. The Morgan fingerprint density at radius 1 is 1.19 bits per heavy atom. The first kappa shape index (κ1) is 12.9. The average molecular weight is 229 g/mol. The Labute approximate surface area is 94.4 Å². The molecule has 4 heteroatoms. The molecule has 0 aliphatic carbocycles. The number of hydrogen-bond acceptors (Lipinski definition) is 2. The monoisotopic (exact) mass is 229 g/mol. The van der Waals surface area contributed by atoms with Gasteiger partial charge in [0.15, 0.2) is 0 Å². The van der Waals surface area contributed by atoms with Gasteiger partial charge in [-0.25, -0.2) is 0 Å². The van der Waals surface area contributed by atoms with Gasteiger partial charge < -0.3 is 10.5 Å². The minimum absolute atomic E-state index is 0.0550. The molecule has 1 rings (SSSR count). The van der Waals surface area contributed by atoms with Crippen LogP contribution in [0.25, 0.3) is 0 Å². The van der Waals surface area contributed by atoms with Gasteiger partial charge in [0, 0.05) is 6.04 Å². The minimum atomic E-state index is -2.78. The second kappa shape index (κ2) is 5.80. The van der Waals surface area contributed by atoms with Gasteiger partial charge in [-0.1, -0.05) is 26.0 Å². The van der Waals surface area contributed by atoms with E-state index in [0.717, 1.165) is 12.0 Å². The first-order valence-electron chi connectivity index (χ1n) is 5.29. The zero-order valence-corrected chi connectivity index (χ0v) is 9.49. The Bertz CT molecular complexity index is 311.